The molecule has 0 heterocycles. The van der Waals surface area contributed by atoms with Gasteiger partial charge in [-0.25, -0.2) is 4.39 Å². The lowest BCUT2D eigenvalue weighted by atomic mass is 9.98. The second kappa shape index (κ2) is 6.71. The van der Waals surface area contributed by atoms with Crippen molar-refractivity contribution < 1.29 is 4.39 Å². The summed E-state index contributed by atoms with van der Waals surface area (Å²) in [5.41, 5.74) is 4.93. The van der Waals surface area contributed by atoms with Crippen LogP contribution in [0, 0.1) is 19.7 Å². The predicted molar refractivity (Wildman–Crippen MR) is 90.0 cm³/mol. The second-order valence-corrected chi connectivity index (χ2v) is 6.50. The Morgan fingerprint density at radius 3 is 2.38 bits per heavy atom. The van der Waals surface area contributed by atoms with Crippen LogP contribution in [0.3, 0.4) is 0 Å². The van der Waals surface area contributed by atoms with Crippen LogP contribution in [0.15, 0.2) is 40.9 Å². The zero-order valence-corrected chi connectivity index (χ0v) is 14.5. The van der Waals surface area contributed by atoms with Gasteiger partial charge in [0.1, 0.15) is 5.82 Å². The normalized spacial score (nSPS) is 14.0. The second-order valence-electron chi connectivity index (χ2n) is 5.64. The SMILES string of the molecule is Cc1ccc(C)c(C(C)NC(C)c2ccc(F)c(Br)c2)c1. The Balaban J connectivity index is 2.16. The van der Waals surface area contributed by atoms with E-state index in [9.17, 15) is 4.39 Å². The first-order valence-corrected chi connectivity index (χ1v) is 7.96. The van der Waals surface area contributed by atoms with Crippen molar-refractivity contribution in [1.82, 2.24) is 5.32 Å². The molecule has 0 radical (unpaired) electrons. The molecular weight excluding hydrogens is 329 g/mol. The van der Waals surface area contributed by atoms with E-state index in [0.717, 1.165) is 5.56 Å². The van der Waals surface area contributed by atoms with E-state index >= 15 is 0 Å². The van der Waals surface area contributed by atoms with Gasteiger partial charge >= 0.3 is 0 Å². The third-order valence-corrected chi connectivity index (χ3v) is 4.45. The van der Waals surface area contributed by atoms with Gasteiger partial charge in [0.05, 0.1) is 4.47 Å². The fraction of sp³-hybridized carbons (Fsp3) is 0.333. The highest BCUT2D eigenvalue weighted by atomic mass is 79.9. The fourth-order valence-electron chi connectivity index (χ4n) is 2.57. The first-order chi connectivity index (χ1) is 9.88. The lowest BCUT2D eigenvalue weighted by Gasteiger charge is -2.23. The van der Waals surface area contributed by atoms with Crippen LogP contribution in [-0.2, 0) is 0 Å². The van der Waals surface area contributed by atoms with E-state index in [0.29, 0.717) is 4.47 Å². The molecule has 0 amide bonds. The van der Waals surface area contributed by atoms with E-state index in [1.54, 1.807) is 0 Å². The first-order valence-electron chi connectivity index (χ1n) is 7.16. The standard InChI is InChI=1S/C18H21BrFN/c1-11-5-6-12(2)16(9-11)14(4)21-13(3)15-7-8-18(20)17(19)10-15/h5-10,13-14,21H,1-4H3. The van der Waals surface area contributed by atoms with Crippen LogP contribution in [0.5, 0.6) is 0 Å². The summed E-state index contributed by atoms with van der Waals surface area (Å²) in [7, 11) is 0. The third-order valence-electron chi connectivity index (χ3n) is 3.84. The summed E-state index contributed by atoms with van der Waals surface area (Å²) in [5.74, 6) is -0.228. The quantitative estimate of drug-likeness (QED) is 0.755. The number of halogens is 2. The van der Waals surface area contributed by atoms with Crippen LogP contribution in [0.2, 0.25) is 0 Å². The Morgan fingerprint density at radius 2 is 1.71 bits per heavy atom. The van der Waals surface area contributed by atoms with E-state index in [4.69, 9.17) is 0 Å². The molecule has 0 spiro atoms. The van der Waals surface area contributed by atoms with Gasteiger partial charge in [-0.2, -0.15) is 0 Å². The van der Waals surface area contributed by atoms with Crippen molar-refractivity contribution in [2.75, 3.05) is 0 Å². The van der Waals surface area contributed by atoms with Gasteiger partial charge in [0.15, 0.2) is 0 Å². The Bertz CT molecular complexity index is 639. The minimum absolute atomic E-state index is 0.150. The molecule has 0 aliphatic carbocycles. The molecule has 2 aromatic rings. The van der Waals surface area contributed by atoms with E-state index in [1.165, 1.54) is 22.8 Å². The summed E-state index contributed by atoms with van der Waals surface area (Å²) < 4.78 is 13.8. The van der Waals surface area contributed by atoms with E-state index < -0.39 is 0 Å². The maximum Gasteiger partial charge on any atom is 0.137 e. The van der Waals surface area contributed by atoms with E-state index in [1.807, 2.05) is 12.1 Å². The topological polar surface area (TPSA) is 12.0 Å². The number of hydrogen-bond donors (Lipinski definition) is 1. The lowest BCUT2D eigenvalue weighted by Crippen LogP contribution is -2.23. The van der Waals surface area contributed by atoms with E-state index in [-0.39, 0.29) is 17.9 Å². The van der Waals surface area contributed by atoms with Crippen LogP contribution in [0.4, 0.5) is 4.39 Å². The van der Waals surface area contributed by atoms with Crippen molar-refractivity contribution in [3.8, 4) is 0 Å². The van der Waals surface area contributed by atoms with Crippen molar-refractivity contribution in [3.63, 3.8) is 0 Å². The Hall–Kier alpha value is -1.19. The average Bonchev–Trinajstić information content (AvgIpc) is 2.44. The highest BCUT2D eigenvalue weighted by Crippen LogP contribution is 2.25. The Labute approximate surface area is 134 Å². The highest BCUT2D eigenvalue weighted by molar-refractivity contribution is 9.10. The molecule has 0 saturated heterocycles. The molecule has 112 valence electrons. The predicted octanol–water partition coefficient (Wildman–Crippen LogP) is 5.62. The van der Waals surface area contributed by atoms with Crippen molar-refractivity contribution >= 4 is 15.9 Å². The monoisotopic (exact) mass is 349 g/mol. The smallest absolute Gasteiger partial charge is 0.137 e. The first kappa shape index (κ1) is 16.2. The maximum atomic E-state index is 13.3. The zero-order chi connectivity index (χ0) is 15.6. The largest absolute Gasteiger partial charge is 0.304 e. The molecule has 1 N–H and O–H groups in total. The summed E-state index contributed by atoms with van der Waals surface area (Å²) in [6, 6.07) is 12.1. The third kappa shape index (κ3) is 3.92. The summed E-state index contributed by atoms with van der Waals surface area (Å²) >= 11 is 3.24. The van der Waals surface area contributed by atoms with Gasteiger partial charge in [0.2, 0.25) is 0 Å². The average molecular weight is 350 g/mol. The molecule has 2 aromatic carbocycles. The number of hydrogen-bond acceptors (Lipinski definition) is 1. The molecule has 0 aliphatic rings. The van der Waals surface area contributed by atoms with Crippen LogP contribution < -0.4 is 5.32 Å². The number of nitrogens with one attached hydrogen (secondary N) is 1. The molecule has 0 saturated carbocycles. The fourth-order valence-corrected chi connectivity index (χ4v) is 2.97. The van der Waals surface area contributed by atoms with Crippen LogP contribution in [0.1, 0.15) is 48.2 Å². The van der Waals surface area contributed by atoms with Crippen molar-refractivity contribution in [2.24, 2.45) is 0 Å². The summed E-state index contributed by atoms with van der Waals surface area (Å²) in [5, 5.41) is 3.58. The van der Waals surface area contributed by atoms with Crippen LogP contribution >= 0.6 is 15.9 Å². The van der Waals surface area contributed by atoms with Crippen LogP contribution in [0.25, 0.3) is 0 Å². The molecule has 0 fully saturated rings. The lowest BCUT2D eigenvalue weighted by molar-refractivity contribution is 0.492. The minimum atomic E-state index is -0.228. The van der Waals surface area contributed by atoms with Gasteiger partial charge < -0.3 is 5.32 Å². The Morgan fingerprint density at radius 1 is 1.00 bits per heavy atom. The number of rotatable bonds is 4. The molecule has 1 nitrogen and oxygen atoms in total. The molecule has 0 aromatic heterocycles. The van der Waals surface area contributed by atoms with Gasteiger partial charge in [0, 0.05) is 12.1 Å². The molecule has 2 rings (SSSR count). The molecule has 0 aliphatic heterocycles. The highest BCUT2D eigenvalue weighted by Gasteiger charge is 2.14. The maximum absolute atomic E-state index is 13.3. The molecule has 0 bridgehead atoms. The summed E-state index contributed by atoms with van der Waals surface area (Å²) in [4.78, 5) is 0. The van der Waals surface area contributed by atoms with Gasteiger partial charge in [-0.3, -0.25) is 0 Å². The molecule has 3 heteroatoms. The molecule has 2 unspecified atom stereocenters. The van der Waals surface area contributed by atoms with Crippen molar-refractivity contribution in [1.29, 1.82) is 0 Å². The van der Waals surface area contributed by atoms with Crippen molar-refractivity contribution in [3.05, 3.63) is 68.9 Å². The summed E-state index contributed by atoms with van der Waals surface area (Å²) in [6.45, 7) is 8.50. The molecule has 21 heavy (non-hydrogen) atoms. The van der Waals surface area contributed by atoms with Gasteiger partial charge in [-0.15, -0.1) is 0 Å². The van der Waals surface area contributed by atoms with Gasteiger partial charge in [-0.1, -0.05) is 29.8 Å². The molecular formula is C18H21BrFN. The minimum Gasteiger partial charge on any atom is -0.304 e. The summed E-state index contributed by atoms with van der Waals surface area (Å²) in [6.07, 6.45) is 0. The van der Waals surface area contributed by atoms with Crippen LogP contribution in [-0.4, -0.2) is 0 Å². The molecule has 2 atom stereocenters. The van der Waals surface area contributed by atoms with Gasteiger partial charge in [0.25, 0.3) is 0 Å². The van der Waals surface area contributed by atoms with Crippen molar-refractivity contribution in [2.45, 2.75) is 39.8 Å². The Kier molecular flexibility index (Phi) is 5.17. The number of aryl methyl sites for hydroxylation is 2. The van der Waals surface area contributed by atoms with E-state index in [2.05, 4.69) is 67.1 Å². The number of benzene rings is 2. The van der Waals surface area contributed by atoms with Gasteiger partial charge in [-0.05, 0) is 72.4 Å². The zero-order valence-electron chi connectivity index (χ0n) is 12.9.